The predicted molar refractivity (Wildman–Crippen MR) is 131 cm³/mol. The van der Waals surface area contributed by atoms with Crippen LogP contribution in [0.5, 0.6) is 5.75 Å². The number of benzene rings is 1. The first-order valence-corrected chi connectivity index (χ1v) is 11.5. The zero-order valence-electron chi connectivity index (χ0n) is 19.6. The van der Waals surface area contributed by atoms with Gasteiger partial charge in [0.25, 0.3) is 11.5 Å². The molecule has 3 heterocycles. The molecule has 0 aliphatic carbocycles. The Morgan fingerprint density at radius 1 is 1.29 bits per heavy atom. The minimum absolute atomic E-state index is 0.0444. The third-order valence-corrected chi connectivity index (χ3v) is 5.85. The molecular weight excluding hydrogens is 450 g/mol. The number of nitrogens with zero attached hydrogens (tertiary/aromatic N) is 5. The van der Waals surface area contributed by atoms with Crippen LogP contribution in [0.1, 0.15) is 30.1 Å². The number of rotatable bonds is 9. The van der Waals surface area contributed by atoms with Gasteiger partial charge in [0.05, 0.1) is 11.8 Å². The lowest BCUT2D eigenvalue weighted by atomic mass is 10.1. The smallest absolute Gasteiger partial charge is 0.293 e. The number of Topliss-reactive ketones (excluding diaryl/α,β-unsaturated/α-hetero) is 1. The van der Waals surface area contributed by atoms with Gasteiger partial charge >= 0.3 is 0 Å². The molecule has 11 heteroatoms. The number of imidazole rings is 1. The number of aromatic nitrogens is 4. The van der Waals surface area contributed by atoms with Crippen molar-refractivity contribution in [2.45, 2.75) is 38.9 Å². The van der Waals surface area contributed by atoms with Crippen molar-refractivity contribution in [3.63, 3.8) is 0 Å². The summed E-state index contributed by atoms with van der Waals surface area (Å²) in [5.74, 6) is -0.162. The first kappa shape index (κ1) is 24.1. The monoisotopic (exact) mass is 479 g/mol. The van der Waals surface area contributed by atoms with Gasteiger partial charge in [0, 0.05) is 25.7 Å². The summed E-state index contributed by atoms with van der Waals surface area (Å²) < 4.78 is 8.33. The highest BCUT2D eigenvalue weighted by Crippen LogP contribution is 2.24. The van der Waals surface area contributed by atoms with Crippen LogP contribution < -0.4 is 26.7 Å². The van der Waals surface area contributed by atoms with E-state index in [0.717, 1.165) is 24.1 Å². The van der Waals surface area contributed by atoms with Crippen molar-refractivity contribution < 1.29 is 14.3 Å². The number of carbonyl (C=O) groups is 2. The molecule has 1 aliphatic heterocycles. The van der Waals surface area contributed by atoms with Crippen LogP contribution in [0.25, 0.3) is 11.0 Å². The van der Waals surface area contributed by atoms with E-state index in [0.29, 0.717) is 30.1 Å². The van der Waals surface area contributed by atoms with Gasteiger partial charge in [-0.05, 0) is 31.9 Å². The van der Waals surface area contributed by atoms with Crippen LogP contribution in [0.3, 0.4) is 0 Å². The molecule has 1 aliphatic rings. The first-order chi connectivity index (χ1) is 16.9. The molecule has 1 saturated heterocycles. The number of carbonyl (C=O) groups excluding carboxylic acids is 2. The van der Waals surface area contributed by atoms with Crippen molar-refractivity contribution in [3.8, 4) is 5.75 Å². The Morgan fingerprint density at radius 2 is 2.09 bits per heavy atom. The Balaban J connectivity index is 1.70. The van der Waals surface area contributed by atoms with Gasteiger partial charge in [0.2, 0.25) is 5.95 Å². The standard InChI is InChI=1S/C24H29N7O4/c1-2-3-11-30-22-18(28-24(30)29-10-6-7-16(25)13-29)12-27-31(23(22)34)14-19(32)17-8-4-5-9-20(17)35-15-21(26)33/h2-5,8-9,12,16H,6-7,10-11,13-15,25H2,1H3,(H2,26,33)/b3-2+. The number of anilines is 1. The molecule has 2 aromatic heterocycles. The Bertz CT molecular complexity index is 1330. The number of hydrogen-bond donors (Lipinski definition) is 2. The normalized spacial score (nSPS) is 16.2. The van der Waals surface area contributed by atoms with Gasteiger partial charge < -0.3 is 25.7 Å². The molecule has 0 bridgehead atoms. The Kier molecular flexibility index (Phi) is 7.25. The fourth-order valence-corrected chi connectivity index (χ4v) is 4.20. The number of para-hydroxylation sites is 1. The zero-order chi connectivity index (χ0) is 24.9. The summed E-state index contributed by atoms with van der Waals surface area (Å²) in [5, 5.41) is 4.20. The quantitative estimate of drug-likeness (QED) is 0.338. The molecule has 0 saturated carbocycles. The maximum absolute atomic E-state index is 13.5. The molecule has 4 rings (SSSR count). The number of amides is 1. The van der Waals surface area contributed by atoms with Crippen molar-refractivity contribution >= 4 is 28.7 Å². The summed E-state index contributed by atoms with van der Waals surface area (Å²) in [6.07, 6.45) is 7.24. The summed E-state index contributed by atoms with van der Waals surface area (Å²) in [6.45, 7) is 3.15. The molecule has 1 amide bonds. The lowest BCUT2D eigenvalue weighted by Gasteiger charge is -2.31. The van der Waals surface area contributed by atoms with E-state index in [9.17, 15) is 14.4 Å². The Hall–Kier alpha value is -3.99. The molecule has 1 atom stereocenters. The van der Waals surface area contributed by atoms with Gasteiger partial charge in [-0.25, -0.2) is 9.67 Å². The van der Waals surface area contributed by atoms with E-state index < -0.39 is 11.5 Å². The molecule has 184 valence electrons. The van der Waals surface area contributed by atoms with E-state index >= 15 is 0 Å². The second kappa shape index (κ2) is 10.5. The van der Waals surface area contributed by atoms with Crippen LogP contribution in [0.4, 0.5) is 5.95 Å². The highest BCUT2D eigenvalue weighted by Gasteiger charge is 2.25. The molecule has 3 aromatic rings. The molecule has 0 radical (unpaired) electrons. The fourth-order valence-electron chi connectivity index (χ4n) is 4.20. The van der Waals surface area contributed by atoms with Crippen LogP contribution in [-0.2, 0) is 17.9 Å². The molecular formula is C24H29N7O4. The van der Waals surface area contributed by atoms with Crippen molar-refractivity contribution in [1.82, 2.24) is 19.3 Å². The number of ether oxygens (including phenoxy) is 1. The van der Waals surface area contributed by atoms with Gasteiger partial charge in [0.1, 0.15) is 23.3 Å². The first-order valence-electron chi connectivity index (χ1n) is 11.5. The zero-order valence-corrected chi connectivity index (χ0v) is 19.6. The summed E-state index contributed by atoms with van der Waals surface area (Å²) in [6, 6.07) is 6.53. The molecule has 35 heavy (non-hydrogen) atoms. The number of ketones is 1. The van der Waals surface area contributed by atoms with Gasteiger partial charge in [-0.3, -0.25) is 14.4 Å². The molecule has 1 unspecified atom stereocenters. The van der Waals surface area contributed by atoms with Crippen LogP contribution in [-0.4, -0.2) is 56.8 Å². The second-order valence-corrected chi connectivity index (χ2v) is 8.46. The van der Waals surface area contributed by atoms with Crippen LogP contribution >= 0.6 is 0 Å². The highest BCUT2D eigenvalue weighted by molar-refractivity contribution is 5.98. The fraction of sp³-hybridized carbons (Fsp3) is 0.375. The average molecular weight is 480 g/mol. The van der Waals surface area contributed by atoms with Crippen molar-refractivity contribution in [2.24, 2.45) is 11.5 Å². The number of fused-ring (bicyclic) bond motifs is 1. The molecule has 1 aromatic carbocycles. The SMILES string of the molecule is C/C=C/Cn1c(N2CCCC(N)C2)nc2cnn(CC(=O)c3ccccc3OCC(N)=O)c(=O)c21. The van der Waals surface area contributed by atoms with E-state index in [1.165, 1.54) is 6.20 Å². The maximum atomic E-state index is 13.5. The van der Waals surface area contributed by atoms with Crippen LogP contribution in [0.15, 0.2) is 47.4 Å². The van der Waals surface area contributed by atoms with Crippen LogP contribution in [0, 0.1) is 0 Å². The van der Waals surface area contributed by atoms with Gasteiger partial charge in [0.15, 0.2) is 12.4 Å². The number of piperidine rings is 1. The third kappa shape index (κ3) is 5.24. The van der Waals surface area contributed by atoms with E-state index in [2.05, 4.69) is 10.00 Å². The topological polar surface area (TPSA) is 151 Å². The minimum atomic E-state index is -0.657. The molecule has 11 nitrogen and oxygen atoms in total. The highest BCUT2D eigenvalue weighted by atomic mass is 16.5. The van der Waals surface area contributed by atoms with E-state index in [4.69, 9.17) is 21.2 Å². The Morgan fingerprint density at radius 3 is 2.83 bits per heavy atom. The lowest BCUT2D eigenvalue weighted by Crippen LogP contribution is -2.44. The summed E-state index contributed by atoms with van der Waals surface area (Å²) in [7, 11) is 0. The maximum Gasteiger partial charge on any atom is 0.293 e. The minimum Gasteiger partial charge on any atom is -0.483 e. The number of nitrogens with two attached hydrogens (primary N) is 2. The predicted octanol–water partition coefficient (Wildman–Crippen LogP) is 0.844. The van der Waals surface area contributed by atoms with Gasteiger partial charge in [-0.1, -0.05) is 24.3 Å². The van der Waals surface area contributed by atoms with Crippen molar-refractivity contribution in [3.05, 3.63) is 58.5 Å². The molecule has 0 spiro atoms. The third-order valence-electron chi connectivity index (χ3n) is 5.85. The van der Waals surface area contributed by atoms with Crippen molar-refractivity contribution in [2.75, 3.05) is 24.6 Å². The van der Waals surface area contributed by atoms with Crippen molar-refractivity contribution in [1.29, 1.82) is 0 Å². The van der Waals surface area contributed by atoms with Crippen LogP contribution in [0.2, 0.25) is 0 Å². The summed E-state index contributed by atoms with van der Waals surface area (Å²) >= 11 is 0. The molecule has 4 N–H and O–H groups in total. The van der Waals surface area contributed by atoms with E-state index in [1.54, 1.807) is 24.3 Å². The lowest BCUT2D eigenvalue weighted by molar-refractivity contribution is -0.119. The van der Waals surface area contributed by atoms with E-state index in [1.807, 2.05) is 23.6 Å². The number of hydrogen-bond acceptors (Lipinski definition) is 8. The van der Waals surface area contributed by atoms with E-state index in [-0.39, 0.29) is 36.3 Å². The molecule has 1 fully saturated rings. The Labute approximate surface area is 202 Å². The number of allylic oxidation sites excluding steroid dienone is 2. The summed E-state index contributed by atoms with van der Waals surface area (Å²) in [5.41, 5.74) is 12.0. The average Bonchev–Trinajstić information content (AvgIpc) is 3.22. The van der Waals surface area contributed by atoms with Gasteiger partial charge in [-0.15, -0.1) is 0 Å². The summed E-state index contributed by atoms with van der Waals surface area (Å²) in [4.78, 5) is 44.4. The number of primary amides is 1. The largest absolute Gasteiger partial charge is 0.483 e. The second-order valence-electron chi connectivity index (χ2n) is 8.46. The van der Waals surface area contributed by atoms with Gasteiger partial charge in [-0.2, -0.15) is 5.10 Å².